The lowest BCUT2D eigenvalue weighted by atomic mass is 10.0. The smallest absolute Gasteiger partial charge is 0.124 e. The number of aromatic nitrogens is 2. The molecule has 4 nitrogen and oxygen atoms in total. The molecule has 1 aliphatic heterocycles. The summed E-state index contributed by atoms with van der Waals surface area (Å²) in [4.78, 5) is 10.6. The van der Waals surface area contributed by atoms with Crippen molar-refractivity contribution < 1.29 is 4.39 Å². The minimum Gasteiger partial charge on any atom is -0.317 e. The molecule has 128 valence electrons. The number of hydrogen-bond acceptors (Lipinski definition) is 4. The molecule has 2 heterocycles. The van der Waals surface area contributed by atoms with Gasteiger partial charge in [0.25, 0.3) is 0 Å². The third-order valence-electron chi connectivity index (χ3n) is 4.45. The van der Waals surface area contributed by atoms with Crippen LogP contribution in [-0.4, -0.2) is 34.0 Å². The van der Waals surface area contributed by atoms with E-state index in [2.05, 4.69) is 20.2 Å². The van der Waals surface area contributed by atoms with E-state index in [0.717, 1.165) is 50.0 Å². The van der Waals surface area contributed by atoms with Crippen LogP contribution < -0.4 is 5.32 Å². The highest BCUT2D eigenvalue weighted by molar-refractivity contribution is 6.31. The van der Waals surface area contributed by atoms with E-state index in [9.17, 15) is 4.39 Å². The predicted molar refractivity (Wildman–Crippen MR) is 93.2 cm³/mol. The van der Waals surface area contributed by atoms with E-state index in [1.165, 1.54) is 12.1 Å². The molecular formula is C18H22ClFN4. The van der Waals surface area contributed by atoms with Crippen molar-refractivity contribution in [2.45, 2.75) is 38.4 Å². The van der Waals surface area contributed by atoms with Gasteiger partial charge in [-0.1, -0.05) is 17.7 Å². The van der Waals surface area contributed by atoms with Crippen LogP contribution in [0.5, 0.6) is 0 Å². The molecule has 1 N–H and O–H groups in total. The molecule has 0 spiro atoms. The van der Waals surface area contributed by atoms with Gasteiger partial charge in [-0.2, -0.15) is 0 Å². The minimum atomic E-state index is -0.301. The average molecular weight is 349 g/mol. The second-order valence-corrected chi connectivity index (χ2v) is 6.63. The summed E-state index contributed by atoms with van der Waals surface area (Å²) in [5.41, 5.74) is 2.03. The van der Waals surface area contributed by atoms with Crippen molar-refractivity contribution >= 4 is 11.6 Å². The largest absolute Gasteiger partial charge is 0.317 e. The van der Waals surface area contributed by atoms with Gasteiger partial charge in [-0.05, 0) is 50.0 Å². The lowest BCUT2D eigenvalue weighted by Crippen LogP contribution is -2.35. The zero-order valence-corrected chi connectivity index (χ0v) is 14.3. The molecule has 0 aliphatic carbocycles. The Morgan fingerprint density at radius 3 is 2.79 bits per heavy atom. The van der Waals surface area contributed by atoms with Gasteiger partial charge in [0.15, 0.2) is 0 Å². The average Bonchev–Trinajstić information content (AvgIpc) is 2.87. The first-order chi connectivity index (χ1) is 11.7. The van der Waals surface area contributed by atoms with E-state index in [1.54, 1.807) is 12.4 Å². The number of rotatable bonds is 5. The number of nitrogens with zero attached hydrogens (tertiary/aromatic N) is 3. The minimum absolute atomic E-state index is 0.301. The molecule has 1 aromatic heterocycles. The summed E-state index contributed by atoms with van der Waals surface area (Å²) in [6.45, 7) is 3.54. The molecule has 2 aromatic rings. The summed E-state index contributed by atoms with van der Waals surface area (Å²) < 4.78 is 13.3. The van der Waals surface area contributed by atoms with Gasteiger partial charge in [0.05, 0.1) is 0 Å². The summed E-state index contributed by atoms with van der Waals surface area (Å²) in [6.07, 6.45) is 8.62. The van der Waals surface area contributed by atoms with Crippen LogP contribution in [0.15, 0.2) is 36.9 Å². The number of benzene rings is 1. The van der Waals surface area contributed by atoms with Crippen molar-refractivity contribution in [3.63, 3.8) is 0 Å². The third-order valence-corrected chi connectivity index (χ3v) is 4.80. The molecule has 1 aromatic carbocycles. The molecule has 3 rings (SSSR count). The van der Waals surface area contributed by atoms with Gasteiger partial charge >= 0.3 is 0 Å². The van der Waals surface area contributed by atoms with Crippen molar-refractivity contribution in [1.82, 2.24) is 20.2 Å². The maximum atomic E-state index is 13.3. The van der Waals surface area contributed by atoms with Crippen LogP contribution in [0.2, 0.25) is 5.02 Å². The summed E-state index contributed by atoms with van der Waals surface area (Å²) in [7, 11) is 0. The fourth-order valence-electron chi connectivity index (χ4n) is 3.19. The van der Waals surface area contributed by atoms with Crippen LogP contribution in [0.3, 0.4) is 0 Å². The second kappa shape index (κ2) is 8.51. The van der Waals surface area contributed by atoms with Gasteiger partial charge in [0, 0.05) is 42.1 Å². The zero-order chi connectivity index (χ0) is 16.8. The number of nitrogens with one attached hydrogen (secondary N) is 1. The van der Waals surface area contributed by atoms with E-state index < -0.39 is 0 Å². The van der Waals surface area contributed by atoms with Gasteiger partial charge < -0.3 is 5.32 Å². The first kappa shape index (κ1) is 17.3. The van der Waals surface area contributed by atoms with Crippen LogP contribution in [0, 0.1) is 5.82 Å². The zero-order valence-electron chi connectivity index (χ0n) is 13.6. The topological polar surface area (TPSA) is 41.1 Å². The summed E-state index contributed by atoms with van der Waals surface area (Å²) in [5, 5.41) is 3.93. The van der Waals surface area contributed by atoms with Crippen LogP contribution in [0.4, 0.5) is 4.39 Å². The van der Waals surface area contributed by atoms with E-state index >= 15 is 0 Å². The Bertz CT molecular complexity index is 645. The molecule has 1 saturated heterocycles. The van der Waals surface area contributed by atoms with Crippen LogP contribution >= 0.6 is 11.6 Å². The number of hydrogen-bond donors (Lipinski definition) is 1. The highest BCUT2D eigenvalue weighted by atomic mass is 35.5. The fraction of sp³-hybridized carbons (Fsp3) is 0.444. The highest BCUT2D eigenvalue weighted by Crippen LogP contribution is 2.24. The first-order valence-electron chi connectivity index (χ1n) is 8.35. The van der Waals surface area contributed by atoms with Crippen LogP contribution in [-0.2, 0) is 13.1 Å². The Morgan fingerprint density at radius 1 is 1.17 bits per heavy atom. The summed E-state index contributed by atoms with van der Waals surface area (Å²) in [5.74, 6) is -0.301. The molecule has 0 bridgehead atoms. The predicted octanol–water partition coefficient (Wildman–Crippen LogP) is 3.41. The fourth-order valence-corrected chi connectivity index (χ4v) is 3.42. The quantitative estimate of drug-likeness (QED) is 0.899. The summed E-state index contributed by atoms with van der Waals surface area (Å²) >= 11 is 6.24. The molecule has 1 aliphatic rings. The van der Waals surface area contributed by atoms with Crippen molar-refractivity contribution in [1.29, 1.82) is 0 Å². The van der Waals surface area contributed by atoms with Crippen LogP contribution in [0.1, 0.15) is 30.4 Å². The molecule has 0 amide bonds. The Balaban J connectivity index is 1.80. The van der Waals surface area contributed by atoms with Gasteiger partial charge in [-0.25, -0.2) is 14.4 Å². The Hall–Kier alpha value is -1.56. The van der Waals surface area contributed by atoms with Crippen molar-refractivity contribution in [2.24, 2.45) is 0 Å². The monoisotopic (exact) mass is 348 g/mol. The van der Waals surface area contributed by atoms with E-state index in [1.807, 2.05) is 12.4 Å². The molecule has 0 unspecified atom stereocenters. The molecule has 24 heavy (non-hydrogen) atoms. The normalized spacial score (nSPS) is 18.5. The van der Waals surface area contributed by atoms with Crippen LogP contribution in [0.25, 0.3) is 0 Å². The molecular weight excluding hydrogens is 327 g/mol. The Morgan fingerprint density at radius 2 is 2.00 bits per heavy atom. The van der Waals surface area contributed by atoms with Crippen molar-refractivity contribution in [3.8, 4) is 0 Å². The van der Waals surface area contributed by atoms with Gasteiger partial charge in [-0.15, -0.1) is 0 Å². The van der Waals surface area contributed by atoms with E-state index in [4.69, 9.17) is 11.6 Å². The molecule has 1 fully saturated rings. The van der Waals surface area contributed by atoms with Crippen molar-refractivity contribution in [2.75, 3.05) is 13.1 Å². The molecule has 0 saturated carbocycles. The third kappa shape index (κ3) is 4.72. The van der Waals surface area contributed by atoms with E-state index in [-0.39, 0.29) is 5.82 Å². The van der Waals surface area contributed by atoms with Gasteiger partial charge in [-0.3, -0.25) is 4.90 Å². The summed E-state index contributed by atoms with van der Waals surface area (Å²) in [6, 6.07) is 5.09. The lowest BCUT2D eigenvalue weighted by Gasteiger charge is -2.31. The van der Waals surface area contributed by atoms with Gasteiger partial charge in [0.2, 0.25) is 0 Å². The molecule has 0 radical (unpaired) electrons. The highest BCUT2D eigenvalue weighted by Gasteiger charge is 2.21. The van der Waals surface area contributed by atoms with Crippen molar-refractivity contribution in [3.05, 3.63) is 58.9 Å². The molecule has 6 heteroatoms. The Kier molecular flexibility index (Phi) is 6.12. The SMILES string of the molecule is Fc1ccc(CN(Cc2cncnc2)[C@H]2CCCNCC2)c(Cl)c1. The standard InChI is InChI=1S/C18H22ClFN4/c19-18-8-16(20)4-3-15(18)12-24(11-14-9-22-13-23-10-14)17-2-1-6-21-7-5-17/h3-4,8-10,13,17,21H,1-2,5-7,11-12H2/t17-/m0/s1. The maximum Gasteiger partial charge on any atom is 0.124 e. The Labute approximate surface area is 147 Å². The lowest BCUT2D eigenvalue weighted by molar-refractivity contribution is 0.164. The van der Waals surface area contributed by atoms with Gasteiger partial charge in [0.1, 0.15) is 12.1 Å². The molecule has 1 atom stereocenters. The number of halogens is 2. The maximum absolute atomic E-state index is 13.3. The first-order valence-corrected chi connectivity index (χ1v) is 8.73. The van der Waals surface area contributed by atoms with E-state index in [0.29, 0.717) is 17.6 Å². The second-order valence-electron chi connectivity index (χ2n) is 6.22.